The van der Waals surface area contributed by atoms with Gasteiger partial charge < -0.3 is 14.4 Å². The SMILES string of the molecule is CCC1(CC)CC(OCCCN2CCN(c3cccc(Cl)c3Cl)CC2)(c2ccccn2)CCO1. The molecule has 2 aliphatic rings. The number of pyridine rings is 1. The zero-order chi connectivity index (χ0) is 24.0. The predicted octanol–water partition coefficient (Wildman–Crippen LogP) is 6.18. The van der Waals surface area contributed by atoms with Gasteiger partial charge in [-0.15, -0.1) is 0 Å². The lowest BCUT2D eigenvalue weighted by Crippen LogP contribution is -2.49. The minimum absolute atomic E-state index is 0.131. The molecule has 0 amide bonds. The van der Waals surface area contributed by atoms with E-state index in [1.54, 1.807) is 0 Å². The lowest BCUT2D eigenvalue weighted by atomic mass is 9.77. The first-order valence-corrected chi connectivity index (χ1v) is 13.4. The average Bonchev–Trinajstić information content (AvgIpc) is 2.89. The summed E-state index contributed by atoms with van der Waals surface area (Å²) in [6.45, 7) is 10.8. The van der Waals surface area contributed by atoms with Gasteiger partial charge in [-0.2, -0.15) is 0 Å². The van der Waals surface area contributed by atoms with Crippen LogP contribution in [0.3, 0.4) is 0 Å². The second-order valence-electron chi connectivity index (χ2n) is 9.48. The second kappa shape index (κ2) is 11.6. The van der Waals surface area contributed by atoms with Crippen molar-refractivity contribution < 1.29 is 9.47 Å². The van der Waals surface area contributed by atoms with E-state index >= 15 is 0 Å². The van der Waals surface area contributed by atoms with Crippen LogP contribution in [0, 0.1) is 0 Å². The summed E-state index contributed by atoms with van der Waals surface area (Å²) in [5.74, 6) is 0. The number of nitrogens with zero attached hydrogens (tertiary/aromatic N) is 3. The molecule has 5 nitrogen and oxygen atoms in total. The lowest BCUT2D eigenvalue weighted by Gasteiger charge is -2.47. The molecule has 0 saturated carbocycles. The third-order valence-corrected chi connectivity index (χ3v) is 8.39. The summed E-state index contributed by atoms with van der Waals surface area (Å²) in [5, 5.41) is 1.27. The van der Waals surface area contributed by atoms with Gasteiger partial charge in [-0.1, -0.05) is 49.2 Å². The number of hydrogen-bond acceptors (Lipinski definition) is 5. The maximum absolute atomic E-state index is 6.71. The van der Waals surface area contributed by atoms with Gasteiger partial charge >= 0.3 is 0 Å². The molecule has 0 bridgehead atoms. The number of aromatic nitrogens is 1. The molecule has 7 heteroatoms. The van der Waals surface area contributed by atoms with E-state index in [0.717, 1.165) is 82.8 Å². The monoisotopic (exact) mass is 505 g/mol. The normalized spacial score (nSPS) is 23.2. The Labute approximate surface area is 214 Å². The first kappa shape index (κ1) is 25.7. The molecule has 2 aromatic rings. The molecule has 2 fully saturated rings. The lowest BCUT2D eigenvalue weighted by molar-refractivity contribution is -0.192. The number of piperazine rings is 1. The molecule has 186 valence electrons. The second-order valence-corrected chi connectivity index (χ2v) is 10.3. The Morgan fingerprint density at radius 1 is 1.03 bits per heavy atom. The van der Waals surface area contributed by atoms with Crippen LogP contribution in [0.5, 0.6) is 0 Å². The quantitative estimate of drug-likeness (QED) is 0.380. The van der Waals surface area contributed by atoms with Gasteiger partial charge in [0.1, 0.15) is 5.60 Å². The molecule has 1 unspecified atom stereocenters. The molecule has 0 N–H and O–H groups in total. The Bertz CT molecular complexity index is 917. The van der Waals surface area contributed by atoms with Crippen LogP contribution in [0.4, 0.5) is 5.69 Å². The average molecular weight is 507 g/mol. The largest absolute Gasteiger partial charge is 0.375 e. The fraction of sp³-hybridized carbons (Fsp3) is 0.593. The van der Waals surface area contributed by atoms with Crippen molar-refractivity contribution in [3.63, 3.8) is 0 Å². The highest BCUT2D eigenvalue weighted by Crippen LogP contribution is 2.44. The summed E-state index contributed by atoms with van der Waals surface area (Å²) in [7, 11) is 0. The maximum atomic E-state index is 6.71. The predicted molar refractivity (Wildman–Crippen MR) is 140 cm³/mol. The zero-order valence-electron chi connectivity index (χ0n) is 20.4. The van der Waals surface area contributed by atoms with Crippen molar-refractivity contribution in [3.05, 3.63) is 58.3 Å². The summed E-state index contributed by atoms with van der Waals surface area (Å²) in [6, 6.07) is 12.0. The molecule has 4 rings (SSSR count). The number of ether oxygens (including phenoxy) is 2. The Balaban J connectivity index is 1.31. The van der Waals surface area contributed by atoms with Crippen LogP contribution in [0.25, 0.3) is 0 Å². The first-order valence-electron chi connectivity index (χ1n) is 12.6. The Hall–Kier alpha value is -1.37. The van der Waals surface area contributed by atoms with Crippen LogP contribution in [-0.2, 0) is 15.1 Å². The third-order valence-electron chi connectivity index (χ3n) is 7.58. The third kappa shape index (κ3) is 5.71. The van der Waals surface area contributed by atoms with Crippen LogP contribution in [-0.4, -0.2) is 61.4 Å². The molecule has 34 heavy (non-hydrogen) atoms. The van der Waals surface area contributed by atoms with Crippen LogP contribution < -0.4 is 4.90 Å². The minimum Gasteiger partial charge on any atom is -0.375 e. The van der Waals surface area contributed by atoms with E-state index in [4.69, 9.17) is 37.7 Å². The number of hydrogen-bond donors (Lipinski definition) is 0. The highest BCUT2D eigenvalue weighted by Gasteiger charge is 2.46. The number of halogens is 2. The van der Waals surface area contributed by atoms with Crippen molar-refractivity contribution in [2.75, 3.05) is 50.8 Å². The molecular weight excluding hydrogens is 469 g/mol. The van der Waals surface area contributed by atoms with Gasteiger partial charge in [0.15, 0.2) is 0 Å². The van der Waals surface area contributed by atoms with E-state index in [9.17, 15) is 0 Å². The molecule has 1 atom stereocenters. The molecule has 3 heterocycles. The van der Waals surface area contributed by atoms with Crippen molar-refractivity contribution in [3.8, 4) is 0 Å². The standard InChI is InChI=1S/C27H37Cl2N3O2/c1-3-26(4-2)21-27(12-20-33-26,24-11-5-6-13-30-24)34-19-8-14-31-15-17-32(18-16-31)23-10-7-9-22(28)25(23)29/h5-7,9-11,13H,3-4,8,12,14-21H2,1-2H3. The van der Waals surface area contributed by atoms with E-state index in [0.29, 0.717) is 16.7 Å². The van der Waals surface area contributed by atoms with Crippen molar-refractivity contribution in [1.82, 2.24) is 9.88 Å². The smallest absolute Gasteiger partial charge is 0.115 e. The maximum Gasteiger partial charge on any atom is 0.115 e. The first-order chi connectivity index (χ1) is 16.5. The van der Waals surface area contributed by atoms with Gasteiger partial charge in [0.25, 0.3) is 0 Å². The van der Waals surface area contributed by atoms with Crippen LogP contribution in [0.2, 0.25) is 10.0 Å². The van der Waals surface area contributed by atoms with Gasteiger partial charge in [0.05, 0.1) is 33.6 Å². The van der Waals surface area contributed by atoms with Gasteiger partial charge in [-0.3, -0.25) is 9.88 Å². The molecule has 1 aromatic carbocycles. The van der Waals surface area contributed by atoms with Crippen LogP contribution in [0.1, 0.15) is 51.6 Å². The molecular formula is C27H37Cl2N3O2. The van der Waals surface area contributed by atoms with E-state index in [-0.39, 0.29) is 11.2 Å². The Morgan fingerprint density at radius 3 is 2.53 bits per heavy atom. The molecule has 2 aliphatic heterocycles. The molecule has 0 spiro atoms. The van der Waals surface area contributed by atoms with Crippen molar-refractivity contribution in [2.24, 2.45) is 0 Å². The summed E-state index contributed by atoms with van der Waals surface area (Å²) >= 11 is 12.6. The van der Waals surface area contributed by atoms with Crippen LogP contribution >= 0.6 is 23.2 Å². The van der Waals surface area contributed by atoms with Gasteiger partial charge in [-0.25, -0.2) is 0 Å². The fourth-order valence-electron chi connectivity index (χ4n) is 5.35. The Morgan fingerprint density at radius 2 is 1.82 bits per heavy atom. The topological polar surface area (TPSA) is 37.8 Å². The van der Waals surface area contributed by atoms with E-state index in [1.165, 1.54) is 0 Å². The number of rotatable bonds is 9. The Kier molecular flexibility index (Phi) is 8.76. The van der Waals surface area contributed by atoms with Crippen molar-refractivity contribution >= 4 is 28.9 Å². The molecule has 0 radical (unpaired) electrons. The van der Waals surface area contributed by atoms with Crippen molar-refractivity contribution in [1.29, 1.82) is 0 Å². The summed E-state index contributed by atoms with van der Waals surface area (Å²) < 4.78 is 13.0. The minimum atomic E-state index is -0.368. The van der Waals surface area contributed by atoms with E-state index < -0.39 is 0 Å². The fourth-order valence-corrected chi connectivity index (χ4v) is 5.76. The van der Waals surface area contributed by atoms with Crippen molar-refractivity contribution in [2.45, 2.75) is 57.2 Å². The summed E-state index contributed by atoms with van der Waals surface area (Å²) in [5.41, 5.74) is 1.57. The highest BCUT2D eigenvalue weighted by atomic mass is 35.5. The summed E-state index contributed by atoms with van der Waals surface area (Å²) in [6.07, 6.45) is 6.57. The zero-order valence-corrected chi connectivity index (χ0v) is 22.0. The summed E-state index contributed by atoms with van der Waals surface area (Å²) in [4.78, 5) is 9.55. The van der Waals surface area contributed by atoms with Gasteiger partial charge in [0.2, 0.25) is 0 Å². The number of anilines is 1. The molecule has 0 aliphatic carbocycles. The highest BCUT2D eigenvalue weighted by molar-refractivity contribution is 6.43. The molecule has 2 saturated heterocycles. The number of benzene rings is 1. The molecule has 1 aromatic heterocycles. The van der Waals surface area contributed by atoms with E-state index in [1.807, 2.05) is 24.4 Å². The van der Waals surface area contributed by atoms with Gasteiger partial charge in [0, 0.05) is 58.4 Å². The van der Waals surface area contributed by atoms with Gasteiger partial charge in [-0.05, 0) is 43.5 Å². The van der Waals surface area contributed by atoms with E-state index in [2.05, 4.69) is 41.8 Å². The van der Waals surface area contributed by atoms with Crippen LogP contribution in [0.15, 0.2) is 42.6 Å².